The molecule has 0 atom stereocenters. The van der Waals surface area contributed by atoms with Gasteiger partial charge in [0.1, 0.15) is 5.82 Å². The van der Waals surface area contributed by atoms with Crippen molar-refractivity contribution in [3.8, 4) is 0 Å². The number of benzene rings is 1. The maximum Gasteiger partial charge on any atom is 0.134 e. The Bertz CT molecular complexity index is 562. The van der Waals surface area contributed by atoms with Crippen molar-refractivity contribution in [3.63, 3.8) is 0 Å². The van der Waals surface area contributed by atoms with Gasteiger partial charge < -0.3 is 11.1 Å². The maximum absolute atomic E-state index is 5.76. The molecule has 3 N–H and O–H groups in total. The van der Waals surface area contributed by atoms with E-state index < -0.39 is 0 Å². The van der Waals surface area contributed by atoms with E-state index in [0.717, 1.165) is 17.1 Å². The molecule has 3 heteroatoms. The van der Waals surface area contributed by atoms with Crippen LogP contribution in [0.25, 0.3) is 0 Å². The molecule has 0 saturated heterocycles. The van der Waals surface area contributed by atoms with Gasteiger partial charge in [-0.25, -0.2) is 4.98 Å². The van der Waals surface area contributed by atoms with Crippen molar-refractivity contribution in [2.45, 2.75) is 33.2 Å². The Labute approximate surface area is 114 Å². The second-order valence-electron chi connectivity index (χ2n) is 5.03. The van der Waals surface area contributed by atoms with Crippen LogP contribution >= 0.6 is 0 Å². The highest BCUT2D eigenvalue weighted by molar-refractivity contribution is 5.67. The number of nitrogens with two attached hydrogens (primary N) is 1. The summed E-state index contributed by atoms with van der Waals surface area (Å²) in [6, 6.07) is 10.3. The molecular weight excluding hydrogens is 234 g/mol. The predicted octanol–water partition coefficient (Wildman–Crippen LogP) is 3.72. The average molecular weight is 255 g/mol. The number of anilines is 2. The third-order valence-electron chi connectivity index (χ3n) is 3.28. The lowest BCUT2D eigenvalue weighted by Gasteiger charge is -2.18. The van der Waals surface area contributed by atoms with E-state index in [2.05, 4.69) is 49.3 Å². The molecule has 1 heterocycles. The van der Waals surface area contributed by atoms with E-state index in [-0.39, 0.29) is 0 Å². The van der Waals surface area contributed by atoms with E-state index in [1.165, 1.54) is 11.1 Å². The molecule has 0 bridgehead atoms. The Morgan fingerprint density at radius 3 is 2.68 bits per heavy atom. The maximum atomic E-state index is 5.76. The summed E-state index contributed by atoms with van der Waals surface area (Å²) in [6.45, 7) is 6.99. The minimum Gasteiger partial charge on any atom is -0.340 e. The highest BCUT2D eigenvalue weighted by Crippen LogP contribution is 2.30. The summed E-state index contributed by atoms with van der Waals surface area (Å²) in [5, 5.41) is 3.45. The summed E-state index contributed by atoms with van der Waals surface area (Å²) in [5.74, 6) is 1.31. The van der Waals surface area contributed by atoms with Crippen LogP contribution in [0.5, 0.6) is 0 Å². The van der Waals surface area contributed by atoms with Crippen LogP contribution in [0.4, 0.5) is 11.5 Å². The minimum atomic E-state index is 0.465. The molecule has 0 aliphatic rings. The number of hydrogen-bond acceptors (Lipinski definition) is 3. The first kappa shape index (κ1) is 13.6. The van der Waals surface area contributed by atoms with Gasteiger partial charge in [0.2, 0.25) is 0 Å². The number of para-hydroxylation sites is 1. The molecule has 0 unspecified atom stereocenters. The quantitative estimate of drug-likeness (QED) is 0.875. The van der Waals surface area contributed by atoms with Gasteiger partial charge in [0.05, 0.1) is 0 Å². The lowest BCUT2D eigenvalue weighted by molar-refractivity contribution is 0.867. The van der Waals surface area contributed by atoms with Crippen molar-refractivity contribution < 1.29 is 0 Å². The fraction of sp³-hybridized carbons (Fsp3) is 0.312. The number of pyridine rings is 1. The standard InChI is InChI=1S/C16H21N3/c1-11(2)14-8-4-6-12(3)15(14)19-16-13(10-17)7-5-9-18-16/h4-9,11H,10,17H2,1-3H3,(H,18,19). The lowest BCUT2D eigenvalue weighted by Crippen LogP contribution is -2.06. The first-order valence-corrected chi connectivity index (χ1v) is 6.64. The van der Waals surface area contributed by atoms with Crippen molar-refractivity contribution in [2.24, 2.45) is 5.73 Å². The van der Waals surface area contributed by atoms with Gasteiger partial charge in [0.25, 0.3) is 0 Å². The molecule has 1 aromatic heterocycles. The van der Waals surface area contributed by atoms with E-state index in [9.17, 15) is 0 Å². The summed E-state index contributed by atoms with van der Waals surface area (Å²) >= 11 is 0. The zero-order valence-electron chi connectivity index (χ0n) is 11.8. The second kappa shape index (κ2) is 5.85. The molecule has 1 aromatic carbocycles. The molecule has 19 heavy (non-hydrogen) atoms. The molecule has 0 amide bonds. The van der Waals surface area contributed by atoms with E-state index in [1.807, 2.05) is 12.1 Å². The van der Waals surface area contributed by atoms with Crippen LogP contribution in [0.3, 0.4) is 0 Å². The fourth-order valence-corrected chi connectivity index (χ4v) is 2.18. The van der Waals surface area contributed by atoms with Crippen molar-refractivity contribution in [1.82, 2.24) is 4.98 Å². The summed E-state index contributed by atoms with van der Waals surface area (Å²) in [6.07, 6.45) is 1.79. The van der Waals surface area contributed by atoms with Crippen LogP contribution in [0, 0.1) is 6.92 Å². The van der Waals surface area contributed by atoms with Crippen LogP contribution < -0.4 is 11.1 Å². The molecular formula is C16H21N3. The van der Waals surface area contributed by atoms with E-state index in [4.69, 9.17) is 5.73 Å². The van der Waals surface area contributed by atoms with Gasteiger partial charge in [0, 0.05) is 24.0 Å². The number of hydrogen-bond donors (Lipinski definition) is 2. The topological polar surface area (TPSA) is 50.9 Å². The third kappa shape index (κ3) is 2.93. The SMILES string of the molecule is Cc1cccc(C(C)C)c1Nc1ncccc1CN. The molecule has 0 aliphatic carbocycles. The van der Waals surface area contributed by atoms with Crippen molar-refractivity contribution in [3.05, 3.63) is 53.2 Å². The summed E-state index contributed by atoms with van der Waals surface area (Å²) in [4.78, 5) is 4.40. The predicted molar refractivity (Wildman–Crippen MR) is 80.7 cm³/mol. The Kier molecular flexibility index (Phi) is 4.17. The van der Waals surface area contributed by atoms with Crippen LogP contribution in [0.2, 0.25) is 0 Å². The first-order valence-electron chi connectivity index (χ1n) is 6.64. The van der Waals surface area contributed by atoms with Gasteiger partial charge >= 0.3 is 0 Å². The zero-order chi connectivity index (χ0) is 13.8. The van der Waals surface area contributed by atoms with E-state index in [1.54, 1.807) is 6.20 Å². The van der Waals surface area contributed by atoms with Crippen LogP contribution in [-0.4, -0.2) is 4.98 Å². The molecule has 2 aromatic rings. The van der Waals surface area contributed by atoms with Crippen molar-refractivity contribution in [2.75, 3.05) is 5.32 Å². The van der Waals surface area contributed by atoms with Gasteiger partial charge in [-0.15, -0.1) is 0 Å². The van der Waals surface area contributed by atoms with Gasteiger partial charge in [-0.1, -0.05) is 38.1 Å². The van der Waals surface area contributed by atoms with Crippen molar-refractivity contribution in [1.29, 1.82) is 0 Å². The molecule has 0 fully saturated rings. The highest BCUT2D eigenvalue weighted by atomic mass is 15.0. The molecule has 3 nitrogen and oxygen atoms in total. The molecule has 0 aliphatic heterocycles. The van der Waals surface area contributed by atoms with E-state index >= 15 is 0 Å². The highest BCUT2D eigenvalue weighted by Gasteiger charge is 2.11. The number of nitrogens with zero attached hydrogens (tertiary/aromatic N) is 1. The molecule has 0 radical (unpaired) electrons. The number of aromatic nitrogens is 1. The Balaban J connectivity index is 2.43. The molecule has 0 saturated carbocycles. The minimum absolute atomic E-state index is 0.465. The number of aryl methyl sites for hydroxylation is 1. The number of rotatable bonds is 4. The van der Waals surface area contributed by atoms with Gasteiger partial charge in [-0.05, 0) is 30.0 Å². The smallest absolute Gasteiger partial charge is 0.134 e. The van der Waals surface area contributed by atoms with Gasteiger partial charge in [0.15, 0.2) is 0 Å². The monoisotopic (exact) mass is 255 g/mol. The average Bonchev–Trinajstić information content (AvgIpc) is 2.41. The second-order valence-corrected chi connectivity index (χ2v) is 5.03. The van der Waals surface area contributed by atoms with E-state index in [0.29, 0.717) is 12.5 Å². The van der Waals surface area contributed by atoms with Gasteiger partial charge in [-0.2, -0.15) is 0 Å². The summed E-state index contributed by atoms with van der Waals surface area (Å²) in [7, 11) is 0. The van der Waals surface area contributed by atoms with Gasteiger partial charge in [-0.3, -0.25) is 0 Å². The Hall–Kier alpha value is -1.87. The van der Waals surface area contributed by atoms with Crippen molar-refractivity contribution >= 4 is 11.5 Å². The molecule has 0 spiro atoms. The lowest BCUT2D eigenvalue weighted by atomic mass is 9.98. The first-order chi connectivity index (χ1) is 9.13. The summed E-state index contributed by atoms with van der Waals surface area (Å²) in [5.41, 5.74) is 10.5. The Morgan fingerprint density at radius 2 is 2.00 bits per heavy atom. The largest absolute Gasteiger partial charge is 0.340 e. The van der Waals surface area contributed by atoms with Crippen LogP contribution in [-0.2, 0) is 6.54 Å². The van der Waals surface area contributed by atoms with Crippen LogP contribution in [0.1, 0.15) is 36.5 Å². The number of nitrogens with one attached hydrogen (secondary N) is 1. The summed E-state index contributed by atoms with van der Waals surface area (Å²) < 4.78 is 0. The fourth-order valence-electron chi connectivity index (χ4n) is 2.18. The molecule has 100 valence electrons. The third-order valence-corrected chi connectivity index (χ3v) is 3.28. The Morgan fingerprint density at radius 1 is 1.21 bits per heavy atom. The molecule has 2 rings (SSSR count). The zero-order valence-corrected chi connectivity index (χ0v) is 11.8. The normalized spacial score (nSPS) is 10.8. The van der Waals surface area contributed by atoms with Crippen LogP contribution in [0.15, 0.2) is 36.5 Å².